The third-order valence-electron chi connectivity index (χ3n) is 5.51. The van der Waals surface area contributed by atoms with Gasteiger partial charge in [-0.2, -0.15) is 0 Å². The first kappa shape index (κ1) is 15.0. The lowest BCUT2D eigenvalue weighted by atomic mass is 9.86. The summed E-state index contributed by atoms with van der Waals surface area (Å²) < 4.78 is 35.6. The fraction of sp³-hybridized carbons (Fsp3) is 0.240. The lowest BCUT2D eigenvalue weighted by molar-refractivity contribution is 0.256. The molecule has 0 aliphatic carbocycles. The predicted molar refractivity (Wildman–Crippen MR) is 113 cm³/mol. The summed E-state index contributed by atoms with van der Waals surface area (Å²) in [6.45, 7) is 2.47. The number of pyridine rings is 1. The third kappa shape index (κ3) is 2.57. The molecule has 3 aromatic carbocycles. The van der Waals surface area contributed by atoms with Crippen molar-refractivity contribution in [1.82, 2.24) is 4.98 Å². The van der Waals surface area contributed by atoms with Crippen molar-refractivity contribution in [2.45, 2.75) is 27.2 Å². The van der Waals surface area contributed by atoms with Crippen molar-refractivity contribution in [3.63, 3.8) is 0 Å². The van der Waals surface area contributed by atoms with E-state index in [9.17, 15) is 4.39 Å². The van der Waals surface area contributed by atoms with Gasteiger partial charge in [0.1, 0.15) is 11.5 Å². The molecule has 0 unspecified atom stereocenters. The lowest BCUT2D eigenvalue weighted by Crippen LogP contribution is -2.17. The van der Waals surface area contributed by atoms with E-state index in [2.05, 4.69) is 30.1 Å². The SMILES string of the molecule is [2H]C([2H])(F)C(C)(C)Cc1cc2c3c(nccc3c1)-c1cc3ccccc3c(C)c1O2. The van der Waals surface area contributed by atoms with E-state index in [0.29, 0.717) is 5.75 Å². The van der Waals surface area contributed by atoms with Gasteiger partial charge in [0.05, 0.1) is 20.4 Å². The second kappa shape index (κ2) is 6.03. The van der Waals surface area contributed by atoms with Crippen LogP contribution in [0, 0.1) is 12.3 Å². The van der Waals surface area contributed by atoms with Crippen LogP contribution in [-0.2, 0) is 6.42 Å². The molecular formula is C25H22FNO. The molecule has 1 aliphatic heterocycles. The van der Waals surface area contributed by atoms with E-state index in [4.69, 9.17) is 7.48 Å². The number of halogens is 1. The molecular weight excluding hydrogens is 349 g/mol. The number of hydrogen-bond donors (Lipinski definition) is 0. The van der Waals surface area contributed by atoms with Gasteiger partial charge in [-0.05, 0) is 58.7 Å². The normalized spacial score (nSPS) is 14.4. The fourth-order valence-corrected chi connectivity index (χ4v) is 4.20. The molecule has 140 valence electrons. The molecule has 4 aromatic rings. The van der Waals surface area contributed by atoms with Gasteiger partial charge in [-0.3, -0.25) is 9.37 Å². The van der Waals surface area contributed by atoms with Crippen molar-refractivity contribution in [3.8, 4) is 22.8 Å². The smallest absolute Gasteiger partial charge is 0.140 e. The van der Waals surface area contributed by atoms with Crippen LogP contribution < -0.4 is 4.74 Å². The van der Waals surface area contributed by atoms with Gasteiger partial charge < -0.3 is 4.74 Å². The number of aromatic nitrogens is 1. The van der Waals surface area contributed by atoms with Crippen LogP contribution in [-0.4, -0.2) is 11.6 Å². The van der Waals surface area contributed by atoms with Crippen LogP contribution in [0.2, 0.25) is 0 Å². The second-order valence-electron chi connectivity index (χ2n) is 8.21. The van der Waals surface area contributed by atoms with E-state index in [1.54, 1.807) is 20.0 Å². The summed E-state index contributed by atoms with van der Waals surface area (Å²) in [5.41, 5.74) is 2.57. The van der Waals surface area contributed by atoms with E-state index in [1.807, 2.05) is 30.3 Å². The van der Waals surface area contributed by atoms with Crippen LogP contribution in [0.15, 0.2) is 54.7 Å². The molecule has 0 N–H and O–H groups in total. The first-order valence-corrected chi connectivity index (χ1v) is 9.47. The Morgan fingerprint density at radius 2 is 1.93 bits per heavy atom. The summed E-state index contributed by atoms with van der Waals surface area (Å²) in [4.78, 5) is 4.67. The van der Waals surface area contributed by atoms with Crippen LogP contribution in [0.25, 0.3) is 32.8 Å². The van der Waals surface area contributed by atoms with Crippen molar-refractivity contribution < 1.29 is 11.9 Å². The average molecular weight is 373 g/mol. The molecule has 0 saturated heterocycles. The van der Waals surface area contributed by atoms with Crippen LogP contribution in [0.5, 0.6) is 11.5 Å². The molecule has 2 heterocycles. The Labute approximate surface area is 166 Å². The summed E-state index contributed by atoms with van der Waals surface area (Å²) in [5, 5.41) is 4.17. The highest BCUT2D eigenvalue weighted by atomic mass is 19.1. The minimum Gasteiger partial charge on any atom is -0.456 e. The Morgan fingerprint density at radius 1 is 1.11 bits per heavy atom. The van der Waals surface area contributed by atoms with Crippen LogP contribution in [0.3, 0.4) is 0 Å². The zero-order valence-electron chi connectivity index (χ0n) is 18.1. The van der Waals surface area contributed by atoms with Gasteiger partial charge in [-0.15, -0.1) is 0 Å². The molecule has 28 heavy (non-hydrogen) atoms. The quantitative estimate of drug-likeness (QED) is 0.339. The van der Waals surface area contributed by atoms with Crippen molar-refractivity contribution in [3.05, 3.63) is 65.9 Å². The van der Waals surface area contributed by atoms with Crippen molar-refractivity contribution in [1.29, 1.82) is 0 Å². The predicted octanol–water partition coefficient (Wildman–Crippen LogP) is 7.01. The van der Waals surface area contributed by atoms with Crippen LogP contribution >= 0.6 is 0 Å². The molecule has 0 bridgehead atoms. The summed E-state index contributed by atoms with van der Waals surface area (Å²) >= 11 is 0. The number of fused-ring (bicyclic) bond motifs is 3. The lowest BCUT2D eigenvalue weighted by Gasteiger charge is -2.25. The summed E-state index contributed by atoms with van der Waals surface area (Å²) in [7, 11) is 0. The van der Waals surface area contributed by atoms with Crippen LogP contribution in [0.4, 0.5) is 4.39 Å². The maximum Gasteiger partial charge on any atom is 0.140 e. The molecule has 0 radical (unpaired) electrons. The Balaban J connectivity index is 1.73. The maximum atomic E-state index is 14.1. The first-order valence-electron chi connectivity index (χ1n) is 10.5. The zero-order chi connectivity index (χ0) is 21.3. The highest BCUT2D eigenvalue weighted by Crippen LogP contribution is 2.49. The van der Waals surface area contributed by atoms with Crippen molar-refractivity contribution >= 4 is 21.5 Å². The third-order valence-corrected chi connectivity index (χ3v) is 5.51. The fourth-order valence-electron chi connectivity index (χ4n) is 4.20. The summed E-state index contributed by atoms with van der Waals surface area (Å²) in [6, 6.07) is 16.1. The van der Waals surface area contributed by atoms with E-state index < -0.39 is 12.0 Å². The van der Waals surface area contributed by atoms with Crippen LogP contribution in [0.1, 0.15) is 27.7 Å². The molecule has 2 nitrogen and oxygen atoms in total. The van der Waals surface area contributed by atoms with Gasteiger partial charge in [0.15, 0.2) is 0 Å². The minimum atomic E-state index is -2.79. The molecule has 1 aromatic heterocycles. The van der Waals surface area contributed by atoms with E-state index in [-0.39, 0.29) is 6.42 Å². The largest absolute Gasteiger partial charge is 0.456 e. The Morgan fingerprint density at radius 3 is 2.75 bits per heavy atom. The molecule has 0 atom stereocenters. The topological polar surface area (TPSA) is 22.1 Å². The van der Waals surface area contributed by atoms with Gasteiger partial charge in [-0.25, -0.2) is 0 Å². The van der Waals surface area contributed by atoms with Gasteiger partial charge in [0, 0.05) is 17.3 Å². The zero-order valence-corrected chi connectivity index (χ0v) is 16.1. The maximum absolute atomic E-state index is 14.1. The monoisotopic (exact) mass is 373 g/mol. The van der Waals surface area contributed by atoms with Gasteiger partial charge in [-0.1, -0.05) is 44.2 Å². The minimum absolute atomic E-state index is 0.254. The number of benzene rings is 3. The molecule has 1 aliphatic rings. The summed E-state index contributed by atoms with van der Waals surface area (Å²) in [5.74, 6) is 1.48. The number of rotatable bonds is 3. The molecule has 0 fully saturated rings. The van der Waals surface area contributed by atoms with E-state index >= 15 is 0 Å². The van der Waals surface area contributed by atoms with E-state index in [1.165, 1.54) is 0 Å². The number of ether oxygens (including phenoxy) is 1. The second-order valence-corrected chi connectivity index (χ2v) is 8.21. The Hall–Kier alpha value is -2.94. The number of alkyl halides is 1. The number of nitrogens with zero attached hydrogens (tertiary/aromatic N) is 1. The first-order chi connectivity index (χ1) is 14.2. The molecule has 0 amide bonds. The molecule has 3 heteroatoms. The van der Waals surface area contributed by atoms with Crippen molar-refractivity contribution in [2.75, 3.05) is 6.63 Å². The number of aryl methyl sites for hydroxylation is 1. The van der Waals surface area contributed by atoms with E-state index in [0.717, 1.165) is 49.7 Å². The molecule has 0 saturated carbocycles. The van der Waals surface area contributed by atoms with Gasteiger partial charge in [0.2, 0.25) is 0 Å². The number of hydrogen-bond acceptors (Lipinski definition) is 2. The standard InChI is InChI=1S/C25H22FNO/c1-15-19-7-5-4-6-17(19)12-20-23-22-18(8-9-27-23)10-16(13-25(2,3)14-26)11-21(22)28-24(15)20/h4-12H,13-14H2,1-3H3/i14D2. The molecule has 5 rings (SSSR count). The van der Waals surface area contributed by atoms with Gasteiger partial charge in [0.25, 0.3) is 0 Å². The Bertz CT molecular complexity index is 1320. The van der Waals surface area contributed by atoms with Gasteiger partial charge >= 0.3 is 0 Å². The summed E-state index contributed by atoms with van der Waals surface area (Å²) in [6.07, 6.45) is 2.04. The average Bonchev–Trinajstić information content (AvgIpc) is 2.68. The highest BCUT2D eigenvalue weighted by molar-refractivity contribution is 6.05. The Kier molecular flexibility index (Phi) is 3.24. The molecule has 0 spiro atoms. The highest BCUT2D eigenvalue weighted by Gasteiger charge is 2.26. The van der Waals surface area contributed by atoms with Crippen molar-refractivity contribution in [2.24, 2.45) is 5.41 Å².